The highest BCUT2D eigenvalue weighted by Gasteiger charge is 2.40. The van der Waals surface area contributed by atoms with Crippen LogP contribution in [0, 0.1) is 0 Å². The number of rotatable bonds is 6. The number of nitrogens with zero attached hydrogens (tertiary/aromatic N) is 1. The first-order chi connectivity index (χ1) is 12.9. The van der Waals surface area contributed by atoms with Gasteiger partial charge in [0, 0.05) is 11.3 Å². The summed E-state index contributed by atoms with van der Waals surface area (Å²) in [5, 5.41) is 17.4. The van der Waals surface area contributed by atoms with E-state index in [-0.39, 0.29) is 24.3 Å². The lowest BCUT2D eigenvalue weighted by Crippen LogP contribution is -2.31. The number of imide groups is 1. The first-order valence-electron chi connectivity index (χ1n) is 8.03. The van der Waals surface area contributed by atoms with Crippen LogP contribution in [0.2, 0.25) is 0 Å². The van der Waals surface area contributed by atoms with Crippen molar-refractivity contribution >= 4 is 41.2 Å². The largest absolute Gasteiger partial charge is 0.481 e. The van der Waals surface area contributed by atoms with Crippen molar-refractivity contribution in [3.05, 3.63) is 59.7 Å². The van der Waals surface area contributed by atoms with E-state index in [1.807, 2.05) is 0 Å². The molecule has 1 unspecified atom stereocenters. The van der Waals surface area contributed by atoms with Gasteiger partial charge >= 0.3 is 11.9 Å². The van der Waals surface area contributed by atoms with Gasteiger partial charge in [0.15, 0.2) is 0 Å². The summed E-state index contributed by atoms with van der Waals surface area (Å²) in [5.41, 5.74) is 1.01. The number of carbonyl (C=O) groups is 4. The van der Waals surface area contributed by atoms with E-state index in [4.69, 9.17) is 5.11 Å². The molecule has 7 nitrogen and oxygen atoms in total. The van der Waals surface area contributed by atoms with Crippen molar-refractivity contribution < 1.29 is 29.4 Å². The number of anilines is 1. The average Bonchev–Trinajstić information content (AvgIpc) is 2.89. The topological polar surface area (TPSA) is 112 Å². The van der Waals surface area contributed by atoms with Gasteiger partial charge in [0.25, 0.3) is 0 Å². The number of carboxylic acids is 2. The molecule has 2 amide bonds. The summed E-state index contributed by atoms with van der Waals surface area (Å²) in [5.74, 6) is -2.86. The third-order valence-electron chi connectivity index (χ3n) is 4.04. The second-order valence-corrected chi connectivity index (χ2v) is 7.16. The predicted octanol–water partition coefficient (Wildman–Crippen LogP) is 2.44. The van der Waals surface area contributed by atoms with Crippen LogP contribution < -0.4 is 4.90 Å². The van der Waals surface area contributed by atoms with Gasteiger partial charge in [-0.05, 0) is 29.8 Å². The van der Waals surface area contributed by atoms with E-state index < -0.39 is 23.1 Å². The maximum absolute atomic E-state index is 12.7. The molecule has 138 valence electrons. The van der Waals surface area contributed by atoms with Gasteiger partial charge < -0.3 is 10.2 Å². The summed E-state index contributed by atoms with van der Waals surface area (Å²) >= 11 is 1.06. The van der Waals surface area contributed by atoms with Crippen molar-refractivity contribution in [3.63, 3.8) is 0 Å². The highest BCUT2D eigenvalue weighted by atomic mass is 32.2. The molecule has 1 atom stereocenters. The lowest BCUT2D eigenvalue weighted by Gasteiger charge is -2.15. The molecule has 1 aliphatic heterocycles. The fourth-order valence-electron chi connectivity index (χ4n) is 2.80. The molecule has 1 aliphatic rings. The Balaban J connectivity index is 1.79. The molecule has 2 N–H and O–H groups in total. The van der Waals surface area contributed by atoms with Gasteiger partial charge in [-0.2, -0.15) is 0 Å². The van der Waals surface area contributed by atoms with E-state index in [2.05, 4.69) is 0 Å². The summed E-state index contributed by atoms with van der Waals surface area (Å²) in [4.78, 5) is 48.6. The number of benzene rings is 2. The van der Waals surface area contributed by atoms with E-state index in [0.29, 0.717) is 16.1 Å². The Morgan fingerprint density at radius 3 is 2.33 bits per heavy atom. The Kier molecular flexibility index (Phi) is 5.27. The van der Waals surface area contributed by atoms with Crippen LogP contribution in [0.5, 0.6) is 0 Å². The second-order valence-electron chi connectivity index (χ2n) is 5.92. The molecule has 0 spiro atoms. The maximum atomic E-state index is 12.7. The summed E-state index contributed by atoms with van der Waals surface area (Å²) in [7, 11) is 0. The predicted molar refractivity (Wildman–Crippen MR) is 97.9 cm³/mol. The molecule has 2 aromatic carbocycles. The van der Waals surface area contributed by atoms with Crippen LogP contribution in [-0.4, -0.2) is 39.2 Å². The number of aliphatic carboxylic acids is 1. The molecule has 0 saturated carbocycles. The Morgan fingerprint density at radius 2 is 1.70 bits per heavy atom. The molecule has 8 heteroatoms. The number of thioether (sulfide) groups is 1. The van der Waals surface area contributed by atoms with Crippen LogP contribution in [0.1, 0.15) is 22.3 Å². The molecule has 0 aromatic heterocycles. The summed E-state index contributed by atoms with van der Waals surface area (Å²) in [6.07, 6.45) is -0.180. The lowest BCUT2D eigenvalue weighted by molar-refractivity contribution is -0.136. The van der Waals surface area contributed by atoms with Crippen LogP contribution in [0.4, 0.5) is 5.69 Å². The molecule has 1 heterocycles. The van der Waals surface area contributed by atoms with Crippen molar-refractivity contribution in [1.29, 1.82) is 0 Å². The van der Waals surface area contributed by atoms with E-state index in [1.54, 1.807) is 30.3 Å². The molecule has 1 fully saturated rings. The molecule has 0 aliphatic carbocycles. The van der Waals surface area contributed by atoms with Crippen molar-refractivity contribution in [2.75, 3.05) is 4.90 Å². The molecule has 0 bridgehead atoms. The zero-order chi connectivity index (χ0) is 19.6. The quantitative estimate of drug-likeness (QED) is 0.735. The van der Waals surface area contributed by atoms with E-state index in [0.717, 1.165) is 16.7 Å². The normalized spacial score (nSPS) is 16.6. The van der Waals surface area contributed by atoms with Crippen molar-refractivity contribution in [1.82, 2.24) is 0 Å². The average molecular weight is 385 g/mol. The van der Waals surface area contributed by atoms with Gasteiger partial charge in [-0.25, -0.2) is 9.69 Å². The minimum atomic E-state index is -1.10. The lowest BCUT2D eigenvalue weighted by atomic mass is 10.1. The number of hydrogen-bond acceptors (Lipinski definition) is 5. The first kappa shape index (κ1) is 18.7. The third kappa shape index (κ3) is 4.01. The standard InChI is InChI=1S/C19H15NO6S/c21-16-10-15(27-14-4-2-1-3-13(14)19(25)26)18(24)20(16)12-7-5-11(6-8-12)9-17(22)23/h1-8,15H,9-10H2,(H,22,23)(H,25,26). The SMILES string of the molecule is O=C(O)Cc1ccc(N2C(=O)CC(Sc3ccccc3C(=O)O)C2=O)cc1. The second kappa shape index (κ2) is 7.63. The number of hydrogen-bond donors (Lipinski definition) is 2. The smallest absolute Gasteiger partial charge is 0.336 e. The van der Waals surface area contributed by atoms with E-state index >= 15 is 0 Å². The Bertz CT molecular complexity index is 924. The first-order valence-corrected chi connectivity index (χ1v) is 8.91. The third-order valence-corrected chi connectivity index (χ3v) is 5.30. The monoisotopic (exact) mass is 385 g/mol. The summed E-state index contributed by atoms with van der Waals surface area (Å²) < 4.78 is 0. The maximum Gasteiger partial charge on any atom is 0.336 e. The molecule has 3 rings (SSSR count). The van der Waals surface area contributed by atoms with Crippen molar-refractivity contribution in [3.8, 4) is 0 Å². The number of aromatic carboxylic acids is 1. The highest BCUT2D eigenvalue weighted by Crippen LogP contribution is 2.35. The molecular weight excluding hydrogens is 370 g/mol. The minimum Gasteiger partial charge on any atom is -0.481 e. The van der Waals surface area contributed by atoms with Crippen LogP contribution in [0.25, 0.3) is 0 Å². The number of carbonyl (C=O) groups excluding carboxylic acids is 2. The Labute approximate surface area is 158 Å². The van der Waals surface area contributed by atoms with Crippen molar-refractivity contribution in [2.24, 2.45) is 0 Å². The van der Waals surface area contributed by atoms with Gasteiger partial charge in [0.05, 0.1) is 22.9 Å². The van der Waals surface area contributed by atoms with Gasteiger partial charge in [0.2, 0.25) is 11.8 Å². The van der Waals surface area contributed by atoms with Gasteiger partial charge in [0.1, 0.15) is 0 Å². The summed E-state index contributed by atoms with van der Waals surface area (Å²) in [6, 6.07) is 12.5. The van der Waals surface area contributed by atoms with Gasteiger partial charge in [-0.1, -0.05) is 24.3 Å². The summed E-state index contributed by atoms with van der Waals surface area (Å²) in [6.45, 7) is 0. The van der Waals surface area contributed by atoms with Gasteiger partial charge in [-0.15, -0.1) is 11.8 Å². The molecule has 0 radical (unpaired) electrons. The van der Waals surface area contributed by atoms with Crippen LogP contribution >= 0.6 is 11.8 Å². The number of amides is 2. The van der Waals surface area contributed by atoms with E-state index in [1.165, 1.54) is 18.2 Å². The Morgan fingerprint density at radius 1 is 1.04 bits per heavy atom. The highest BCUT2D eigenvalue weighted by molar-refractivity contribution is 8.00. The molecule has 2 aromatic rings. The molecular formula is C19H15NO6S. The number of carboxylic acid groups (broad SMARTS) is 2. The fourth-order valence-corrected chi connectivity index (χ4v) is 3.98. The van der Waals surface area contributed by atoms with Crippen LogP contribution in [-0.2, 0) is 20.8 Å². The zero-order valence-corrected chi connectivity index (χ0v) is 14.8. The van der Waals surface area contributed by atoms with Crippen LogP contribution in [0.15, 0.2) is 53.4 Å². The zero-order valence-electron chi connectivity index (χ0n) is 14.0. The van der Waals surface area contributed by atoms with Gasteiger partial charge in [-0.3, -0.25) is 14.4 Å². The molecule has 1 saturated heterocycles. The minimum absolute atomic E-state index is 0.0334. The van der Waals surface area contributed by atoms with E-state index in [9.17, 15) is 24.3 Å². The Hall–Kier alpha value is -3.13. The van der Waals surface area contributed by atoms with Crippen LogP contribution in [0.3, 0.4) is 0 Å². The molecule has 27 heavy (non-hydrogen) atoms. The fraction of sp³-hybridized carbons (Fsp3) is 0.158. The van der Waals surface area contributed by atoms with Crippen molar-refractivity contribution in [2.45, 2.75) is 23.0 Å².